The second-order valence-electron chi connectivity index (χ2n) is 7.90. The first kappa shape index (κ1) is 19.4. The van der Waals surface area contributed by atoms with Gasteiger partial charge in [0.25, 0.3) is 0 Å². The number of carbonyl (C=O) groups excluding carboxylic acids is 1. The summed E-state index contributed by atoms with van der Waals surface area (Å²) in [5, 5.41) is 3.69. The molecule has 4 rings (SSSR count). The van der Waals surface area contributed by atoms with Crippen molar-refractivity contribution in [1.82, 2.24) is 9.88 Å². The lowest BCUT2D eigenvalue weighted by Gasteiger charge is -2.28. The van der Waals surface area contributed by atoms with E-state index >= 15 is 0 Å². The maximum absolute atomic E-state index is 13.1. The lowest BCUT2D eigenvalue weighted by molar-refractivity contribution is -0.117. The van der Waals surface area contributed by atoms with Crippen LogP contribution in [0.25, 0.3) is 10.9 Å². The SMILES string of the molecule is CCc1ccc(NC(=O)CN2CCc3[nH]c4c(C)c(C)ccc4c(=O)c3C2)cc1. The Hall–Kier alpha value is -2.92. The van der Waals surface area contributed by atoms with Gasteiger partial charge in [-0.2, -0.15) is 0 Å². The quantitative estimate of drug-likeness (QED) is 0.715. The number of H-pyrrole nitrogens is 1. The number of aromatic nitrogens is 1. The van der Waals surface area contributed by atoms with Crippen LogP contribution in [-0.2, 0) is 24.2 Å². The number of benzene rings is 2. The van der Waals surface area contributed by atoms with E-state index in [0.717, 1.165) is 52.8 Å². The summed E-state index contributed by atoms with van der Waals surface area (Å²) in [6.07, 6.45) is 1.72. The van der Waals surface area contributed by atoms with Crippen LogP contribution >= 0.6 is 0 Å². The third-order valence-electron chi connectivity index (χ3n) is 5.97. The number of amides is 1. The Bertz CT molecular complexity index is 1130. The number of pyridine rings is 1. The predicted molar refractivity (Wildman–Crippen MR) is 117 cm³/mol. The predicted octanol–water partition coefficient (Wildman–Crippen LogP) is 3.70. The largest absolute Gasteiger partial charge is 0.358 e. The number of hydrogen-bond acceptors (Lipinski definition) is 3. The lowest BCUT2D eigenvalue weighted by atomic mass is 9.99. The molecule has 29 heavy (non-hydrogen) atoms. The molecule has 1 aliphatic rings. The summed E-state index contributed by atoms with van der Waals surface area (Å²) in [6.45, 7) is 7.74. The number of nitrogens with zero attached hydrogens (tertiary/aromatic N) is 1. The molecule has 5 heteroatoms. The molecule has 0 fully saturated rings. The van der Waals surface area contributed by atoms with Crippen molar-refractivity contribution in [3.8, 4) is 0 Å². The van der Waals surface area contributed by atoms with E-state index in [2.05, 4.69) is 24.1 Å². The Labute approximate surface area is 170 Å². The van der Waals surface area contributed by atoms with Gasteiger partial charge in [-0.3, -0.25) is 14.5 Å². The smallest absolute Gasteiger partial charge is 0.238 e. The van der Waals surface area contributed by atoms with Crippen LogP contribution < -0.4 is 10.7 Å². The normalized spacial score (nSPS) is 14.0. The van der Waals surface area contributed by atoms with E-state index in [0.29, 0.717) is 6.54 Å². The van der Waals surface area contributed by atoms with Gasteiger partial charge in [0, 0.05) is 41.8 Å². The van der Waals surface area contributed by atoms with Crippen molar-refractivity contribution in [3.63, 3.8) is 0 Å². The number of aromatic amines is 1. The van der Waals surface area contributed by atoms with Crippen molar-refractivity contribution in [2.45, 2.75) is 40.2 Å². The van der Waals surface area contributed by atoms with Gasteiger partial charge in [-0.25, -0.2) is 0 Å². The first-order valence-electron chi connectivity index (χ1n) is 10.2. The molecule has 1 amide bonds. The topological polar surface area (TPSA) is 65.2 Å². The van der Waals surface area contributed by atoms with Gasteiger partial charge in [-0.05, 0) is 55.2 Å². The van der Waals surface area contributed by atoms with Gasteiger partial charge in [0.05, 0.1) is 12.1 Å². The molecule has 0 bridgehead atoms. The fourth-order valence-electron chi connectivity index (χ4n) is 4.01. The molecular weight excluding hydrogens is 362 g/mol. The van der Waals surface area contributed by atoms with Crippen LogP contribution in [-0.4, -0.2) is 28.9 Å². The molecule has 2 heterocycles. The van der Waals surface area contributed by atoms with Crippen LogP contribution in [0.5, 0.6) is 0 Å². The molecule has 150 valence electrons. The van der Waals surface area contributed by atoms with Crippen LogP contribution in [0, 0.1) is 13.8 Å². The maximum atomic E-state index is 13.1. The van der Waals surface area contributed by atoms with Crippen LogP contribution in [0.2, 0.25) is 0 Å². The molecule has 0 saturated heterocycles. The highest BCUT2D eigenvalue weighted by atomic mass is 16.2. The first-order chi connectivity index (χ1) is 14.0. The monoisotopic (exact) mass is 389 g/mol. The third-order valence-corrected chi connectivity index (χ3v) is 5.97. The fourth-order valence-corrected chi connectivity index (χ4v) is 4.01. The van der Waals surface area contributed by atoms with Gasteiger partial charge in [0.15, 0.2) is 5.43 Å². The Morgan fingerprint density at radius 2 is 1.90 bits per heavy atom. The van der Waals surface area contributed by atoms with Crippen molar-refractivity contribution in [2.24, 2.45) is 0 Å². The van der Waals surface area contributed by atoms with Crippen LogP contribution in [0.15, 0.2) is 41.2 Å². The highest BCUT2D eigenvalue weighted by Gasteiger charge is 2.23. The molecular formula is C24H27N3O2. The Kier molecular flexibility index (Phi) is 5.24. The Morgan fingerprint density at radius 3 is 2.62 bits per heavy atom. The lowest BCUT2D eigenvalue weighted by Crippen LogP contribution is -2.39. The highest BCUT2D eigenvalue weighted by molar-refractivity contribution is 5.92. The van der Waals surface area contributed by atoms with Crippen molar-refractivity contribution in [2.75, 3.05) is 18.4 Å². The number of rotatable bonds is 4. The van der Waals surface area contributed by atoms with E-state index in [1.807, 2.05) is 48.2 Å². The van der Waals surface area contributed by atoms with Gasteiger partial charge < -0.3 is 10.3 Å². The van der Waals surface area contributed by atoms with Gasteiger partial charge in [0.1, 0.15) is 0 Å². The van der Waals surface area contributed by atoms with E-state index < -0.39 is 0 Å². The molecule has 5 nitrogen and oxygen atoms in total. The molecule has 0 spiro atoms. The number of hydrogen-bond donors (Lipinski definition) is 2. The molecule has 0 unspecified atom stereocenters. The van der Waals surface area contributed by atoms with Crippen molar-refractivity contribution in [1.29, 1.82) is 0 Å². The zero-order chi connectivity index (χ0) is 20.5. The standard InChI is InChI=1S/C24H27N3O2/c1-4-17-6-8-18(9-7-17)25-22(28)14-27-12-11-21-20(13-27)24(29)19-10-5-15(2)16(3)23(19)26-21/h5-10H,4,11-14H2,1-3H3,(H,25,28)(H,26,29). The minimum Gasteiger partial charge on any atom is -0.358 e. The molecule has 0 radical (unpaired) electrons. The number of carbonyl (C=O) groups is 1. The number of fused-ring (bicyclic) bond motifs is 2. The second-order valence-corrected chi connectivity index (χ2v) is 7.90. The molecule has 0 aliphatic carbocycles. The number of anilines is 1. The summed E-state index contributed by atoms with van der Waals surface area (Å²) in [6, 6.07) is 11.8. The summed E-state index contributed by atoms with van der Waals surface area (Å²) in [5.74, 6) is -0.0543. The Balaban J connectivity index is 1.51. The van der Waals surface area contributed by atoms with E-state index in [4.69, 9.17) is 0 Å². The molecule has 1 aromatic heterocycles. The minimum atomic E-state index is -0.0543. The van der Waals surface area contributed by atoms with Crippen LogP contribution in [0.1, 0.15) is 34.9 Å². The number of aryl methyl sites for hydroxylation is 3. The average Bonchev–Trinajstić information content (AvgIpc) is 2.72. The molecule has 2 aromatic carbocycles. The minimum absolute atomic E-state index is 0.0543. The van der Waals surface area contributed by atoms with Crippen LogP contribution in [0.4, 0.5) is 5.69 Å². The van der Waals surface area contributed by atoms with Crippen molar-refractivity contribution < 1.29 is 4.79 Å². The Morgan fingerprint density at radius 1 is 1.14 bits per heavy atom. The summed E-state index contributed by atoms with van der Waals surface area (Å²) >= 11 is 0. The summed E-state index contributed by atoms with van der Waals surface area (Å²) in [7, 11) is 0. The number of nitrogens with one attached hydrogen (secondary N) is 2. The molecule has 0 atom stereocenters. The van der Waals surface area contributed by atoms with E-state index in [-0.39, 0.29) is 17.9 Å². The van der Waals surface area contributed by atoms with Gasteiger partial charge in [-0.15, -0.1) is 0 Å². The third kappa shape index (κ3) is 3.83. The fraction of sp³-hybridized carbons (Fsp3) is 0.333. The maximum Gasteiger partial charge on any atom is 0.238 e. The summed E-state index contributed by atoms with van der Waals surface area (Å²) < 4.78 is 0. The van der Waals surface area contributed by atoms with Crippen LogP contribution in [0.3, 0.4) is 0 Å². The van der Waals surface area contributed by atoms with Gasteiger partial charge >= 0.3 is 0 Å². The van der Waals surface area contributed by atoms with E-state index in [1.54, 1.807) is 0 Å². The second kappa shape index (κ2) is 7.84. The molecule has 1 aliphatic heterocycles. The highest BCUT2D eigenvalue weighted by Crippen LogP contribution is 2.22. The van der Waals surface area contributed by atoms with E-state index in [1.165, 1.54) is 11.1 Å². The first-order valence-corrected chi connectivity index (χ1v) is 10.2. The summed E-state index contributed by atoms with van der Waals surface area (Å²) in [4.78, 5) is 31.1. The summed E-state index contributed by atoms with van der Waals surface area (Å²) in [5.41, 5.74) is 7.15. The van der Waals surface area contributed by atoms with Gasteiger partial charge in [0.2, 0.25) is 5.91 Å². The molecule has 0 saturated carbocycles. The average molecular weight is 389 g/mol. The molecule has 3 aromatic rings. The van der Waals surface area contributed by atoms with Crippen molar-refractivity contribution >= 4 is 22.5 Å². The zero-order valence-corrected chi connectivity index (χ0v) is 17.3. The van der Waals surface area contributed by atoms with Crippen molar-refractivity contribution in [3.05, 3.63) is 74.6 Å². The molecule has 2 N–H and O–H groups in total. The zero-order valence-electron chi connectivity index (χ0n) is 17.3. The van der Waals surface area contributed by atoms with E-state index in [9.17, 15) is 9.59 Å². The van der Waals surface area contributed by atoms with Gasteiger partial charge in [-0.1, -0.05) is 25.1 Å².